The van der Waals surface area contributed by atoms with E-state index in [-0.39, 0.29) is 12.4 Å². The Morgan fingerprint density at radius 2 is 1.82 bits per heavy atom. The summed E-state index contributed by atoms with van der Waals surface area (Å²) in [5, 5.41) is 1.85. The van der Waals surface area contributed by atoms with Crippen LogP contribution in [0.15, 0.2) is 54.6 Å². The maximum atomic E-state index is 12.8. The second kappa shape index (κ2) is 7.03. The topological polar surface area (TPSA) is 43.4 Å². The normalized spacial score (nSPS) is 11.9. The molecule has 3 nitrogen and oxygen atoms in total. The summed E-state index contributed by atoms with van der Waals surface area (Å²) < 4.78 is 5.15. The summed E-state index contributed by atoms with van der Waals surface area (Å²) in [5.41, 5.74) is 1.32. The van der Waals surface area contributed by atoms with Gasteiger partial charge < -0.3 is 4.74 Å². The van der Waals surface area contributed by atoms with Gasteiger partial charge in [-0.05, 0) is 29.7 Å². The van der Waals surface area contributed by atoms with Gasteiger partial charge in [-0.15, -0.1) is 0 Å². The third-order valence-corrected chi connectivity index (χ3v) is 3.53. The predicted molar refractivity (Wildman–Crippen MR) is 87.8 cm³/mol. The Balaban J connectivity index is 2.31. The molecule has 1 unspecified atom stereocenters. The van der Waals surface area contributed by atoms with E-state index in [9.17, 15) is 9.59 Å². The first kappa shape index (κ1) is 16.0. The molecule has 0 aromatic heterocycles. The maximum Gasteiger partial charge on any atom is 0.317 e. The minimum absolute atomic E-state index is 0.151. The number of rotatable bonds is 6. The highest BCUT2D eigenvalue weighted by atomic mass is 16.5. The van der Waals surface area contributed by atoms with Gasteiger partial charge in [0.2, 0.25) is 0 Å². The van der Waals surface area contributed by atoms with Crippen LogP contribution in [0.25, 0.3) is 10.8 Å². The van der Waals surface area contributed by atoms with Crippen LogP contribution in [0.3, 0.4) is 0 Å². The molecule has 0 heterocycles. The fourth-order valence-corrected chi connectivity index (χ4v) is 2.38. The standard InChI is InChI=1S/C19H20O3/c1-4-15(19(21)22-12-13(2)3)18(20)17-11-7-9-14-8-5-6-10-16(14)17/h5-11,15H,2,4,12H2,1,3H3. The zero-order valence-electron chi connectivity index (χ0n) is 13.0. The molecule has 114 valence electrons. The van der Waals surface area contributed by atoms with Crippen molar-refractivity contribution in [3.8, 4) is 0 Å². The van der Waals surface area contributed by atoms with E-state index in [0.717, 1.165) is 16.3 Å². The molecule has 0 aliphatic rings. The Kier molecular flexibility index (Phi) is 5.10. The van der Waals surface area contributed by atoms with Gasteiger partial charge >= 0.3 is 5.97 Å². The lowest BCUT2D eigenvalue weighted by atomic mass is 9.92. The first-order valence-corrected chi connectivity index (χ1v) is 7.37. The Morgan fingerprint density at radius 1 is 1.14 bits per heavy atom. The van der Waals surface area contributed by atoms with Crippen LogP contribution < -0.4 is 0 Å². The fraction of sp³-hybridized carbons (Fsp3) is 0.263. The van der Waals surface area contributed by atoms with Crippen LogP contribution >= 0.6 is 0 Å². The molecule has 22 heavy (non-hydrogen) atoms. The van der Waals surface area contributed by atoms with Gasteiger partial charge in [-0.2, -0.15) is 0 Å². The van der Waals surface area contributed by atoms with Crippen LogP contribution in [0.5, 0.6) is 0 Å². The van der Waals surface area contributed by atoms with Gasteiger partial charge in [-0.3, -0.25) is 9.59 Å². The summed E-state index contributed by atoms with van der Waals surface area (Å²) in [4.78, 5) is 24.9. The van der Waals surface area contributed by atoms with Crippen molar-refractivity contribution in [2.45, 2.75) is 20.3 Å². The summed E-state index contributed by atoms with van der Waals surface area (Å²) in [5.74, 6) is -1.44. The molecule has 1 atom stereocenters. The van der Waals surface area contributed by atoms with Gasteiger partial charge in [-0.1, -0.05) is 56.0 Å². The van der Waals surface area contributed by atoms with Crippen LogP contribution in [0.4, 0.5) is 0 Å². The molecule has 0 saturated heterocycles. The van der Waals surface area contributed by atoms with Crippen molar-refractivity contribution in [2.24, 2.45) is 5.92 Å². The van der Waals surface area contributed by atoms with Crippen molar-refractivity contribution in [3.63, 3.8) is 0 Å². The van der Waals surface area contributed by atoms with E-state index in [4.69, 9.17) is 4.74 Å². The van der Waals surface area contributed by atoms with E-state index < -0.39 is 11.9 Å². The van der Waals surface area contributed by atoms with Crippen molar-refractivity contribution >= 4 is 22.5 Å². The highest BCUT2D eigenvalue weighted by Gasteiger charge is 2.28. The average Bonchev–Trinajstić information content (AvgIpc) is 2.52. The zero-order valence-corrected chi connectivity index (χ0v) is 13.0. The molecule has 0 bridgehead atoms. The van der Waals surface area contributed by atoms with E-state index in [1.54, 1.807) is 13.0 Å². The Bertz CT molecular complexity index is 710. The number of Topliss-reactive ketones (excluding diaryl/α,β-unsaturated/α-hetero) is 1. The van der Waals surface area contributed by atoms with Crippen LogP contribution in [0, 0.1) is 5.92 Å². The van der Waals surface area contributed by atoms with Crippen LogP contribution in [0.2, 0.25) is 0 Å². The number of benzene rings is 2. The zero-order chi connectivity index (χ0) is 16.1. The van der Waals surface area contributed by atoms with E-state index >= 15 is 0 Å². The second-order valence-electron chi connectivity index (χ2n) is 5.42. The number of ketones is 1. The molecule has 0 N–H and O–H groups in total. The lowest BCUT2D eigenvalue weighted by Crippen LogP contribution is -2.26. The third kappa shape index (κ3) is 3.42. The monoisotopic (exact) mass is 296 g/mol. The van der Waals surface area contributed by atoms with Crippen molar-refractivity contribution in [1.82, 2.24) is 0 Å². The highest BCUT2D eigenvalue weighted by molar-refractivity contribution is 6.15. The Morgan fingerprint density at radius 3 is 2.50 bits per heavy atom. The van der Waals surface area contributed by atoms with Gasteiger partial charge in [0.15, 0.2) is 5.78 Å². The quantitative estimate of drug-likeness (QED) is 0.348. The third-order valence-electron chi connectivity index (χ3n) is 3.53. The lowest BCUT2D eigenvalue weighted by Gasteiger charge is -2.14. The van der Waals surface area contributed by atoms with Crippen molar-refractivity contribution in [1.29, 1.82) is 0 Å². The van der Waals surface area contributed by atoms with Gasteiger partial charge in [0, 0.05) is 5.56 Å². The predicted octanol–water partition coefficient (Wildman–Crippen LogP) is 4.17. The van der Waals surface area contributed by atoms with E-state index in [0.29, 0.717) is 12.0 Å². The minimum atomic E-state index is -0.773. The van der Waals surface area contributed by atoms with Gasteiger partial charge in [0.25, 0.3) is 0 Å². The SMILES string of the molecule is C=C(C)COC(=O)C(CC)C(=O)c1cccc2ccccc12. The molecule has 0 saturated carbocycles. The Labute approximate surface area is 130 Å². The molecule has 2 aromatic rings. The fourth-order valence-electron chi connectivity index (χ4n) is 2.38. The van der Waals surface area contributed by atoms with Crippen molar-refractivity contribution in [3.05, 3.63) is 60.2 Å². The average molecular weight is 296 g/mol. The van der Waals surface area contributed by atoms with E-state index in [1.807, 2.05) is 43.3 Å². The lowest BCUT2D eigenvalue weighted by molar-refractivity contribution is -0.145. The minimum Gasteiger partial charge on any atom is -0.461 e. The molecule has 0 aliphatic heterocycles. The summed E-state index contributed by atoms with van der Waals surface area (Å²) in [6.45, 7) is 7.44. The summed E-state index contributed by atoms with van der Waals surface area (Å²) in [6.07, 6.45) is 0.414. The molecule has 0 fully saturated rings. The molecule has 0 spiro atoms. The number of hydrogen-bond donors (Lipinski definition) is 0. The van der Waals surface area contributed by atoms with E-state index in [1.165, 1.54) is 0 Å². The highest BCUT2D eigenvalue weighted by Crippen LogP contribution is 2.23. The molecule has 3 heteroatoms. The summed E-state index contributed by atoms with van der Waals surface area (Å²) in [7, 11) is 0. The van der Waals surface area contributed by atoms with Crippen LogP contribution in [-0.4, -0.2) is 18.4 Å². The molecule has 0 aliphatic carbocycles. The molecule has 0 radical (unpaired) electrons. The second-order valence-corrected chi connectivity index (χ2v) is 5.42. The van der Waals surface area contributed by atoms with Gasteiger partial charge in [-0.25, -0.2) is 0 Å². The van der Waals surface area contributed by atoms with Gasteiger partial charge in [0.1, 0.15) is 12.5 Å². The number of carbonyl (C=O) groups excluding carboxylic acids is 2. The summed E-state index contributed by atoms with van der Waals surface area (Å²) in [6, 6.07) is 13.2. The first-order chi connectivity index (χ1) is 10.5. The number of ether oxygens (including phenoxy) is 1. The van der Waals surface area contributed by atoms with E-state index in [2.05, 4.69) is 6.58 Å². The first-order valence-electron chi connectivity index (χ1n) is 7.37. The molecular weight excluding hydrogens is 276 g/mol. The number of esters is 1. The number of carbonyl (C=O) groups is 2. The molecule has 2 rings (SSSR count). The number of hydrogen-bond acceptors (Lipinski definition) is 3. The number of fused-ring (bicyclic) bond motifs is 1. The largest absolute Gasteiger partial charge is 0.461 e. The van der Waals surface area contributed by atoms with Crippen molar-refractivity contribution in [2.75, 3.05) is 6.61 Å². The Hall–Kier alpha value is -2.42. The van der Waals surface area contributed by atoms with Gasteiger partial charge in [0.05, 0.1) is 0 Å². The van der Waals surface area contributed by atoms with Crippen LogP contribution in [0.1, 0.15) is 30.6 Å². The summed E-state index contributed by atoms with van der Waals surface area (Å²) >= 11 is 0. The smallest absolute Gasteiger partial charge is 0.317 e. The molecule has 2 aromatic carbocycles. The molecular formula is C19H20O3. The molecule has 0 amide bonds. The van der Waals surface area contributed by atoms with Crippen molar-refractivity contribution < 1.29 is 14.3 Å². The maximum absolute atomic E-state index is 12.8. The van der Waals surface area contributed by atoms with Crippen LogP contribution in [-0.2, 0) is 9.53 Å².